The van der Waals surface area contributed by atoms with Crippen LogP contribution in [0.5, 0.6) is 0 Å². The standard InChI is InChI=1S/C34H51Si2/c1-21(2)35(22(3)4,23(5)6)33-29-19-15-13-17-27(29)32-31(33)28-18-14-16-20-30(28)34(32)36(24(7)8,25(9)10)26(11)12/h13-26,33H,1-12H3. The van der Waals surface area contributed by atoms with Crippen molar-refractivity contribution in [3.63, 3.8) is 0 Å². The summed E-state index contributed by atoms with van der Waals surface area (Å²) in [7, 11) is -3.72. The lowest BCUT2D eigenvalue weighted by Crippen LogP contribution is -2.51. The van der Waals surface area contributed by atoms with E-state index < -0.39 is 16.1 Å². The van der Waals surface area contributed by atoms with E-state index >= 15 is 0 Å². The Balaban J connectivity index is 2.17. The van der Waals surface area contributed by atoms with Gasteiger partial charge < -0.3 is 0 Å². The van der Waals surface area contributed by atoms with E-state index in [-0.39, 0.29) is 0 Å². The molecule has 0 N–H and O–H groups in total. The van der Waals surface area contributed by atoms with Gasteiger partial charge in [0.1, 0.15) is 0 Å². The van der Waals surface area contributed by atoms with Gasteiger partial charge in [-0.2, -0.15) is 0 Å². The van der Waals surface area contributed by atoms with Gasteiger partial charge in [-0.15, -0.1) is 0 Å². The molecule has 195 valence electrons. The van der Waals surface area contributed by atoms with Crippen LogP contribution in [-0.2, 0) is 0 Å². The molecule has 36 heavy (non-hydrogen) atoms. The highest BCUT2D eigenvalue weighted by atomic mass is 28.3. The van der Waals surface area contributed by atoms with Crippen molar-refractivity contribution in [1.29, 1.82) is 0 Å². The normalized spacial score (nSPS) is 18.4. The van der Waals surface area contributed by atoms with Gasteiger partial charge >= 0.3 is 0 Å². The molecule has 1 atom stereocenters. The Bertz CT molecular complexity index is 998. The van der Waals surface area contributed by atoms with Crippen LogP contribution in [0.2, 0.25) is 33.2 Å². The highest BCUT2D eigenvalue weighted by Crippen LogP contribution is 2.68. The Kier molecular flexibility index (Phi) is 7.47. The molecule has 0 aromatic heterocycles. The molecule has 0 spiro atoms. The van der Waals surface area contributed by atoms with Crippen molar-refractivity contribution < 1.29 is 0 Å². The largest absolute Gasteiger partial charge is 0.0792 e. The van der Waals surface area contributed by atoms with Crippen LogP contribution in [0, 0.1) is 5.54 Å². The summed E-state index contributed by atoms with van der Waals surface area (Å²) >= 11 is 0. The second kappa shape index (κ2) is 9.73. The van der Waals surface area contributed by atoms with Gasteiger partial charge in [-0.3, -0.25) is 0 Å². The molecule has 0 amide bonds. The maximum absolute atomic E-state index is 2.55. The minimum Gasteiger partial charge on any atom is -0.0651 e. The summed E-state index contributed by atoms with van der Waals surface area (Å²) in [5.74, 6) is 0. The van der Waals surface area contributed by atoms with Gasteiger partial charge in [0.15, 0.2) is 0 Å². The number of allylic oxidation sites excluding steroid dienone is 2. The number of hydrogen-bond acceptors (Lipinski definition) is 0. The van der Waals surface area contributed by atoms with Gasteiger partial charge in [-0.25, -0.2) is 0 Å². The summed E-state index contributed by atoms with van der Waals surface area (Å²) < 4.78 is 0. The Labute approximate surface area is 225 Å². The minimum atomic E-state index is -1.90. The fourth-order valence-electron chi connectivity index (χ4n) is 9.89. The molecular formula is C34H51Si2. The van der Waals surface area contributed by atoms with Crippen LogP contribution in [0.3, 0.4) is 0 Å². The third-order valence-corrected chi connectivity index (χ3v) is 25.4. The Morgan fingerprint density at radius 2 is 0.917 bits per heavy atom. The molecule has 2 aromatic carbocycles. The molecule has 0 bridgehead atoms. The molecule has 1 unspecified atom stereocenters. The zero-order valence-electron chi connectivity index (χ0n) is 25.2. The van der Waals surface area contributed by atoms with Crippen molar-refractivity contribution in [3.8, 4) is 0 Å². The van der Waals surface area contributed by atoms with E-state index in [4.69, 9.17) is 0 Å². The molecule has 2 heteroatoms. The van der Waals surface area contributed by atoms with Crippen molar-refractivity contribution in [1.82, 2.24) is 0 Å². The van der Waals surface area contributed by atoms with Gasteiger partial charge in [-0.05, 0) is 66.6 Å². The number of rotatable bonds is 8. The van der Waals surface area contributed by atoms with E-state index in [1.165, 1.54) is 0 Å². The van der Waals surface area contributed by atoms with Gasteiger partial charge in [0.05, 0.1) is 16.1 Å². The Hall–Kier alpha value is -1.39. The molecule has 0 heterocycles. The first-order valence-corrected chi connectivity index (χ1v) is 19.2. The van der Waals surface area contributed by atoms with Gasteiger partial charge in [0, 0.05) is 11.1 Å². The molecular weight excluding hydrogens is 465 g/mol. The molecule has 1 radical (unpaired) electrons. The molecule has 2 aliphatic rings. The first-order chi connectivity index (χ1) is 16.9. The lowest BCUT2D eigenvalue weighted by molar-refractivity contribution is 0.781. The van der Waals surface area contributed by atoms with E-state index in [0.29, 0.717) is 22.2 Å². The van der Waals surface area contributed by atoms with Crippen molar-refractivity contribution >= 4 is 27.3 Å². The van der Waals surface area contributed by atoms with E-state index in [1.54, 1.807) is 38.9 Å². The fourth-order valence-corrected chi connectivity index (χ4v) is 24.6. The quantitative estimate of drug-likeness (QED) is 0.307. The summed E-state index contributed by atoms with van der Waals surface area (Å²) in [6, 6.07) is 19.2. The lowest BCUT2D eigenvalue weighted by atomic mass is 9.98. The second-order valence-corrected chi connectivity index (χ2v) is 25.5. The molecule has 4 rings (SSSR count). The average Bonchev–Trinajstić information content (AvgIpc) is 3.28. The van der Waals surface area contributed by atoms with Gasteiger partial charge in [-0.1, -0.05) is 132 Å². The van der Waals surface area contributed by atoms with E-state index in [9.17, 15) is 0 Å². The van der Waals surface area contributed by atoms with Crippen LogP contribution < -0.4 is 0 Å². The SMILES string of the molecule is CC(C)[Si]([C]1C2=C(c3ccccc31)C([Si](C(C)C)(C(C)C)C(C)C)c1ccccc12)(C(C)C)C(C)C. The van der Waals surface area contributed by atoms with Gasteiger partial charge in [0.25, 0.3) is 0 Å². The molecule has 2 aliphatic carbocycles. The monoisotopic (exact) mass is 515 g/mol. The first kappa shape index (κ1) is 27.6. The summed E-state index contributed by atoms with van der Waals surface area (Å²) in [6.07, 6.45) is 0. The minimum absolute atomic E-state index is 0.570. The third kappa shape index (κ3) is 3.49. The fraction of sp³-hybridized carbons (Fsp3) is 0.559. The molecule has 0 aliphatic heterocycles. The Morgan fingerprint density at radius 3 is 1.36 bits per heavy atom. The predicted octanol–water partition coefficient (Wildman–Crippen LogP) is 11.1. The zero-order valence-corrected chi connectivity index (χ0v) is 27.2. The van der Waals surface area contributed by atoms with E-state index in [1.807, 2.05) is 0 Å². The highest BCUT2D eigenvalue weighted by molar-refractivity contribution is 6.92. The van der Waals surface area contributed by atoms with Crippen LogP contribution in [-0.4, -0.2) is 16.1 Å². The molecule has 0 fully saturated rings. The van der Waals surface area contributed by atoms with Crippen LogP contribution in [0.15, 0.2) is 48.5 Å². The van der Waals surface area contributed by atoms with Crippen molar-refractivity contribution in [2.45, 2.75) is 122 Å². The summed E-state index contributed by atoms with van der Waals surface area (Å²) in [6.45, 7) is 30.5. The summed E-state index contributed by atoms with van der Waals surface area (Å²) in [5, 5.41) is 0. The number of fused-ring (bicyclic) bond motifs is 4. The van der Waals surface area contributed by atoms with Crippen LogP contribution >= 0.6 is 0 Å². The lowest BCUT2D eigenvalue weighted by Gasteiger charge is -2.49. The summed E-state index contributed by atoms with van der Waals surface area (Å²) in [5.41, 5.74) is 16.4. The first-order valence-electron chi connectivity index (χ1n) is 14.7. The maximum Gasteiger partial charge on any atom is 0.0792 e. The van der Waals surface area contributed by atoms with Crippen LogP contribution in [0.1, 0.15) is 111 Å². The number of hydrogen-bond donors (Lipinski definition) is 0. The number of benzene rings is 2. The van der Waals surface area contributed by atoms with Crippen molar-refractivity contribution in [2.24, 2.45) is 0 Å². The smallest absolute Gasteiger partial charge is 0.0651 e. The molecule has 2 aromatic rings. The third-order valence-electron chi connectivity index (χ3n) is 10.6. The van der Waals surface area contributed by atoms with Gasteiger partial charge in [0.2, 0.25) is 0 Å². The predicted molar refractivity (Wildman–Crippen MR) is 167 cm³/mol. The molecule has 0 saturated heterocycles. The second-order valence-electron chi connectivity index (χ2n) is 13.6. The van der Waals surface area contributed by atoms with Crippen LogP contribution in [0.25, 0.3) is 11.1 Å². The van der Waals surface area contributed by atoms with E-state index in [2.05, 4.69) is 132 Å². The van der Waals surface area contributed by atoms with Crippen molar-refractivity contribution in [3.05, 3.63) is 76.3 Å². The van der Waals surface area contributed by atoms with Crippen LogP contribution in [0.4, 0.5) is 0 Å². The summed E-state index contributed by atoms with van der Waals surface area (Å²) in [4.78, 5) is 0. The molecule has 0 saturated carbocycles. The Morgan fingerprint density at radius 1 is 0.500 bits per heavy atom. The maximum atomic E-state index is 2.55. The van der Waals surface area contributed by atoms with E-state index in [0.717, 1.165) is 16.6 Å². The van der Waals surface area contributed by atoms with Crippen molar-refractivity contribution in [2.75, 3.05) is 0 Å². The zero-order chi connectivity index (χ0) is 26.7. The molecule has 0 nitrogen and oxygen atoms in total. The average molecular weight is 516 g/mol. The topological polar surface area (TPSA) is 0 Å². The highest BCUT2D eigenvalue weighted by Gasteiger charge is 2.60.